The molecule has 2 rings (SSSR count). The molecule has 2 nitrogen and oxygen atoms in total. The lowest BCUT2D eigenvalue weighted by Crippen LogP contribution is -2.49. The maximum atomic E-state index is 10.5. The molecule has 0 aliphatic carbocycles. The number of aliphatic hydroxyl groups excluding tert-OH is 1. The Morgan fingerprint density at radius 2 is 1.89 bits per heavy atom. The van der Waals surface area contributed by atoms with Crippen molar-refractivity contribution >= 4 is 0 Å². The molecular formula is C16H25NO. The molecule has 1 fully saturated rings. The molecule has 18 heavy (non-hydrogen) atoms. The Kier molecular flexibility index (Phi) is 4.41. The molecule has 0 bridgehead atoms. The summed E-state index contributed by atoms with van der Waals surface area (Å²) in [5.74, 6) is 0.726. The molecular weight excluding hydrogens is 222 g/mol. The molecule has 0 saturated carbocycles. The van der Waals surface area contributed by atoms with Gasteiger partial charge >= 0.3 is 0 Å². The predicted molar refractivity (Wildman–Crippen MR) is 75.4 cm³/mol. The molecule has 0 aromatic heterocycles. The SMILES string of the molecule is CC1CCCN(C(C)C(O)c2ccccc2)C1C. The summed E-state index contributed by atoms with van der Waals surface area (Å²) < 4.78 is 0. The van der Waals surface area contributed by atoms with Gasteiger partial charge in [-0.15, -0.1) is 0 Å². The van der Waals surface area contributed by atoms with Gasteiger partial charge < -0.3 is 5.11 Å². The second-order valence-electron chi connectivity index (χ2n) is 5.69. The van der Waals surface area contributed by atoms with E-state index in [1.165, 1.54) is 12.8 Å². The minimum absolute atomic E-state index is 0.185. The quantitative estimate of drug-likeness (QED) is 0.886. The van der Waals surface area contributed by atoms with Crippen molar-refractivity contribution in [2.75, 3.05) is 6.54 Å². The first-order valence-electron chi connectivity index (χ1n) is 7.10. The summed E-state index contributed by atoms with van der Waals surface area (Å²) in [6.45, 7) is 7.86. The third-order valence-electron chi connectivity index (χ3n) is 4.54. The molecule has 1 N–H and O–H groups in total. The molecule has 1 aliphatic rings. The Morgan fingerprint density at radius 3 is 2.56 bits per heavy atom. The summed E-state index contributed by atoms with van der Waals surface area (Å²) >= 11 is 0. The summed E-state index contributed by atoms with van der Waals surface area (Å²) in [6, 6.07) is 10.8. The standard InChI is InChI=1S/C16H25NO/c1-12-8-7-11-17(13(12)2)14(3)16(18)15-9-5-4-6-10-15/h4-6,9-10,12-14,16,18H,7-8,11H2,1-3H3. The van der Waals surface area contributed by atoms with Crippen molar-refractivity contribution in [2.24, 2.45) is 5.92 Å². The van der Waals surface area contributed by atoms with Gasteiger partial charge in [0.1, 0.15) is 0 Å². The highest BCUT2D eigenvalue weighted by Crippen LogP contribution is 2.29. The lowest BCUT2D eigenvalue weighted by atomic mass is 9.89. The molecule has 1 saturated heterocycles. The maximum absolute atomic E-state index is 10.5. The van der Waals surface area contributed by atoms with Crippen LogP contribution in [0.25, 0.3) is 0 Å². The summed E-state index contributed by atoms with van der Waals surface area (Å²) in [6.07, 6.45) is 2.17. The van der Waals surface area contributed by atoms with Gasteiger partial charge in [-0.3, -0.25) is 4.90 Å². The Labute approximate surface area is 111 Å². The highest BCUT2D eigenvalue weighted by molar-refractivity contribution is 5.18. The number of benzene rings is 1. The van der Waals surface area contributed by atoms with E-state index >= 15 is 0 Å². The van der Waals surface area contributed by atoms with Gasteiger partial charge in [0.05, 0.1) is 6.10 Å². The zero-order valence-corrected chi connectivity index (χ0v) is 11.7. The van der Waals surface area contributed by atoms with E-state index in [0.29, 0.717) is 6.04 Å². The first-order chi connectivity index (χ1) is 8.61. The van der Waals surface area contributed by atoms with E-state index in [1.54, 1.807) is 0 Å². The fourth-order valence-electron chi connectivity index (χ4n) is 3.05. The number of aliphatic hydroxyl groups is 1. The van der Waals surface area contributed by atoms with Crippen molar-refractivity contribution in [2.45, 2.75) is 51.8 Å². The Balaban J connectivity index is 2.08. The number of hydrogen-bond acceptors (Lipinski definition) is 2. The third-order valence-corrected chi connectivity index (χ3v) is 4.54. The highest BCUT2D eigenvalue weighted by Gasteiger charge is 2.31. The van der Waals surface area contributed by atoms with Crippen molar-refractivity contribution in [3.05, 3.63) is 35.9 Å². The summed E-state index contributed by atoms with van der Waals surface area (Å²) in [5, 5.41) is 10.5. The van der Waals surface area contributed by atoms with Gasteiger partial charge in [-0.1, -0.05) is 37.3 Å². The van der Waals surface area contributed by atoms with Gasteiger partial charge in [0.25, 0.3) is 0 Å². The average Bonchev–Trinajstić information content (AvgIpc) is 2.41. The molecule has 2 heteroatoms. The largest absolute Gasteiger partial charge is 0.387 e. The van der Waals surface area contributed by atoms with Crippen molar-refractivity contribution in [1.82, 2.24) is 4.90 Å². The Bertz CT molecular complexity index is 365. The fourth-order valence-corrected chi connectivity index (χ4v) is 3.05. The van der Waals surface area contributed by atoms with Crippen LogP contribution in [0.15, 0.2) is 30.3 Å². The van der Waals surface area contributed by atoms with Crippen LogP contribution in [-0.2, 0) is 0 Å². The molecule has 1 heterocycles. The van der Waals surface area contributed by atoms with Gasteiger partial charge in [-0.25, -0.2) is 0 Å². The number of hydrogen-bond donors (Lipinski definition) is 1. The highest BCUT2D eigenvalue weighted by atomic mass is 16.3. The number of piperidine rings is 1. The number of rotatable bonds is 3. The van der Waals surface area contributed by atoms with Crippen LogP contribution in [0.4, 0.5) is 0 Å². The fraction of sp³-hybridized carbons (Fsp3) is 0.625. The second-order valence-corrected chi connectivity index (χ2v) is 5.69. The van der Waals surface area contributed by atoms with Crippen molar-refractivity contribution in [1.29, 1.82) is 0 Å². The van der Waals surface area contributed by atoms with Crippen LogP contribution in [0, 0.1) is 5.92 Å². The van der Waals surface area contributed by atoms with Crippen LogP contribution >= 0.6 is 0 Å². The van der Waals surface area contributed by atoms with E-state index in [-0.39, 0.29) is 12.1 Å². The van der Waals surface area contributed by atoms with E-state index in [1.807, 2.05) is 30.3 Å². The smallest absolute Gasteiger partial charge is 0.0942 e. The maximum Gasteiger partial charge on any atom is 0.0942 e. The van der Waals surface area contributed by atoms with E-state index in [0.717, 1.165) is 18.0 Å². The monoisotopic (exact) mass is 247 g/mol. The topological polar surface area (TPSA) is 23.5 Å². The number of likely N-dealkylation sites (tertiary alicyclic amines) is 1. The normalized spacial score (nSPS) is 28.9. The number of nitrogens with zero attached hydrogens (tertiary/aromatic N) is 1. The van der Waals surface area contributed by atoms with Crippen molar-refractivity contribution in [3.63, 3.8) is 0 Å². The molecule has 100 valence electrons. The summed E-state index contributed by atoms with van der Waals surface area (Å²) in [5.41, 5.74) is 1.02. The van der Waals surface area contributed by atoms with E-state index in [9.17, 15) is 5.11 Å². The Morgan fingerprint density at radius 1 is 1.22 bits per heavy atom. The molecule has 0 radical (unpaired) electrons. The zero-order chi connectivity index (χ0) is 13.1. The van der Waals surface area contributed by atoms with Gasteiger partial charge in [-0.05, 0) is 44.7 Å². The van der Waals surface area contributed by atoms with Crippen LogP contribution < -0.4 is 0 Å². The molecule has 1 aromatic rings. The second kappa shape index (κ2) is 5.85. The minimum atomic E-state index is -0.390. The third kappa shape index (κ3) is 2.76. The predicted octanol–water partition coefficient (Wildman–Crippen LogP) is 3.23. The van der Waals surface area contributed by atoms with Crippen LogP contribution in [0.1, 0.15) is 45.3 Å². The molecule has 1 aromatic carbocycles. The lowest BCUT2D eigenvalue weighted by molar-refractivity contribution is 0.00292. The van der Waals surface area contributed by atoms with Crippen molar-refractivity contribution < 1.29 is 5.11 Å². The van der Waals surface area contributed by atoms with Gasteiger partial charge in [0, 0.05) is 12.1 Å². The minimum Gasteiger partial charge on any atom is -0.387 e. The zero-order valence-electron chi connectivity index (χ0n) is 11.7. The molecule has 4 unspecified atom stereocenters. The molecule has 0 amide bonds. The van der Waals surface area contributed by atoms with E-state index in [4.69, 9.17) is 0 Å². The summed E-state index contributed by atoms with van der Waals surface area (Å²) in [4.78, 5) is 2.46. The lowest BCUT2D eigenvalue weighted by Gasteiger charge is -2.43. The summed E-state index contributed by atoms with van der Waals surface area (Å²) in [7, 11) is 0. The molecule has 4 atom stereocenters. The average molecular weight is 247 g/mol. The van der Waals surface area contributed by atoms with Crippen LogP contribution in [0.2, 0.25) is 0 Å². The van der Waals surface area contributed by atoms with E-state index in [2.05, 4.69) is 25.7 Å². The van der Waals surface area contributed by atoms with Crippen molar-refractivity contribution in [3.8, 4) is 0 Å². The van der Waals surface area contributed by atoms with Gasteiger partial charge in [0.2, 0.25) is 0 Å². The van der Waals surface area contributed by atoms with Crippen LogP contribution in [0.3, 0.4) is 0 Å². The van der Waals surface area contributed by atoms with Gasteiger partial charge in [0.15, 0.2) is 0 Å². The first-order valence-corrected chi connectivity index (χ1v) is 7.10. The molecule has 0 spiro atoms. The Hall–Kier alpha value is -0.860. The van der Waals surface area contributed by atoms with Gasteiger partial charge in [-0.2, -0.15) is 0 Å². The van der Waals surface area contributed by atoms with Crippen LogP contribution in [0.5, 0.6) is 0 Å². The first kappa shape index (κ1) is 13.6. The molecule has 1 aliphatic heterocycles. The van der Waals surface area contributed by atoms with Crippen LogP contribution in [-0.4, -0.2) is 28.6 Å². The van der Waals surface area contributed by atoms with E-state index < -0.39 is 0 Å².